The van der Waals surface area contributed by atoms with Crippen LogP contribution in [-0.2, 0) is 14.8 Å². The number of nitrogens with zero attached hydrogens (tertiary/aromatic N) is 1. The first-order valence-electron chi connectivity index (χ1n) is 8.83. The minimum Gasteiger partial charge on any atom is -0.335 e. The van der Waals surface area contributed by atoms with Crippen molar-refractivity contribution in [2.24, 2.45) is 0 Å². The molecule has 148 valence electrons. The summed E-state index contributed by atoms with van der Waals surface area (Å²) in [7, 11) is -2.38. The molecule has 28 heavy (non-hydrogen) atoms. The minimum atomic E-state index is -3.73. The highest BCUT2D eigenvalue weighted by Crippen LogP contribution is 2.19. The zero-order valence-corrected chi connectivity index (χ0v) is 16.2. The van der Waals surface area contributed by atoms with Crippen LogP contribution in [0, 0.1) is 0 Å². The number of urea groups is 1. The van der Waals surface area contributed by atoms with Crippen LogP contribution in [0.15, 0.2) is 59.5 Å². The van der Waals surface area contributed by atoms with E-state index in [0.717, 1.165) is 17.1 Å². The molecule has 8 nitrogen and oxygen atoms in total. The second-order valence-corrected chi connectivity index (χ2v) is 8.62. The number of benzene rings is 2. The van der Waals surface area contributed by atoms with Crippen LogP contribution in [0.3, 0.4) is 0 Å². The second-order valence-electron chi connectivity index (χ2n) is 6.57. The third-order valence-electron chi connectivity index (χ3n) is 4.16. The molecular weight excluding hydrogens is 380 g/mol. The lowest BCUT2D eigenvalue weighted by molar-refractivity contribution is -0.116. The van der Waals surface area contributed by atoms with Crippen molar-refractivity contribution in [2.45, 2.75) is 23.8 Å². The van der Waals surface area contributed by atoms with Gasteiger partial charge in [-0.25, -0.2) is 13.2 Å². The molecule has 0 spiro atoms. The molecule has 1 saturated carbocycles. The molecule has 3 N–H and O–H groups in total. The van der Waals surface area contributed by atoms with E-state index in [2.05, 4.69) is 16.0 Å². The summed E-state index contributed by atoms with van der Waals surface area (Å²) in [4.78, 5) is 24.0. The van der Waals surface area contributed by atoms with Crippen molar-refractivity contribution in [1.82, 2.24) is 9.62 Å². The van der Waals surface area contributed by atoms with Crippen molar-refractivity contribution in [3.8, 4) is 0 Å². The molecule has 2 aromatic rings. The van der Waals surface area contributed by atoms with Gasteiger partial charge in [0.05, 0.1) is 11.4 Å². The molecule has 0 heterocycles. The van der Waals surface area contributed by atoms with Crippen molar-refractivity contribution < 1.29 is 18.0 Å². The quantitative estimate of drug-likeness (QED) is 0.660. The summed E-state index contributed by atoms with van der Waals surface area (Å²) >= 11 is 0. The monoisotopic (exact) mass is 402 g/mol. The molecule has 3 amide bonds. The molecule has 0 aliphatic heterocycles. The van der Waals surface area contributed by atoms with Crippen LogP contribution in [0.4, 0.5) is 16.2 Å². The summed E-state index contributed by atoms with van der Waals surface area (Å²) in [6.07, 6.45) is 2.01. The molecule has 0 bridgehead atoms. The smallest absolute Gasteiger partial charge is 0.319 e. The number of carbonyl (C=O) groups is 2. The van der Waals surface area contributed by atoms with Crippen LogP contribution >= 0.6 is 0 Å². The van der Waals surface area contributed by atoms with Gasteiger partial charge in [0.1, 0.15) is 0 Å². The Morgan fingerprint density at radius 3 is 2.11 bits per heavy atom. The van der Waals surface area contributed by atoms with Gasteiger partial charge in [-0.05, 0) is 49.2 Å². The maximum Gasteiger partial charge on any atom is 0.319 e. The van der Waals surface area contributed by atoms with E-state index in [1.807, 2.05) is 0 Å². The lowest BCUT2D eigenvalue weighted by Crippen LogP contribution is -2.34. The van der Waals surface area contributed by atoms with Gasteiger partial charge in [-0.2, -0.15) is 4.31 Å². The molecule has 0 radical (unpaired) electrons. The number of hydrogen-bond acceptors (Lipinski definition) is 4. The van der Waals surface area contributed by atoms with Crippen molar-refractivity contribution >= 4 is 33.3 Å². The van der Waals surface area contributed by atoms with Gasteiger partial charge in [0.2, 0.25) is 15.9 Å². The van der Waals surface area contributed by atoms with Crippen LogP contribution in [0.5, 0.6) is 0 Å². The largest absolute Gasteiger partial charge is 0.335 e. The van der Waals surface area contributed by atoms with Crippen LogP contribution < -0.4 is 16.0 Å². The average Bonchev–Trinajstić information content (AvgIpc) is 3.47. The number of carbonyl (C=O) groups excluding carboxylic acids is 2. The molecule has 0 saturated heterocycles. The van der Waals surface area contributed by atoms with Gasteiger partial charge in [-0.1, -0.05) is 18.2 Å². The molecule has 9 heteroatoms. The Morgan fingerprint density at radius 1 is 0.964 bits per heavy atom. The first kappa shape index (κ1) is 19.8. The normalized spacial score (nSPS) is 13.8. The van der Waals surface area contributed by atoms with E-state index in [0.29, 0.717) is 11.4 Å². The van der Waals surface area contributed by atoms with Crippen molar-refractivity contribution in [2.75, 3.05) is 24.2 Å². The molecule has 1 aliphatic carbocycles. The fraction of sp³-hybridized carbons (Fsp3) is 0.263. The summed E-state index contributed by atoms with van der Waals surface area (Å²) in [5, 5.41) is 8.18. The minimum absolute atomic E-state index is 0.130. The topological polar surface area (TPSA) is 108 Å². The number of hydrogen-bond donors (Lipinski definition) is 3. The van der Waals surface area contributed by atoms with E-state index >= 15 is 0 Å². The van der Waals surface area contributed by atoms with Gasteiger partial charge in [-0.3, -0.25) is 4.79 Å². The zero-order chi connectivity index (χ0) is 20.1. The number of sulfonamides is 1. The summed E-state index contributed by atoms with van der Waals surface area (Å²) < 4.78 is 25.9. The molecule has 2 aromatic carbocycles. The number of amides is 3. The van der Waals surface area contributed by atoms with Gasteiger partial charge < -0.3 is 16.0 Å². The number of nitrogens with one attached hydrogen (secondary N) is 3. The lowest BCUT2D eigenvalue weighted by Gasteiger charge is -2.17. The third-order valence-corrected chi connectivity index (χ3v) is 5.97. The first-order valence-corrected chi connectivity index (χ1v) is 10.3. The highest BCUT2D eigenvalue weighted by atomic mass is 32.2. The number of anilines is 2. The van der Waals surface area contributed by atoms with Gasteiger partial charge >= 0.3 is 6.03 Å². The Labute approximate surface area is 164 Å². The van der Waals surface area contributed by atoms with Gasteiger partial charge in [0.15, 0.2) is 0 Å². The molecule has 0 atom stereocenters. The summed E-state index contributed by atoms with van der Waals surface area (Å²) in [6.45, 7) is -0.318. The van der Waals surface area contributed by atoms with E-state index < -0.39 is 15.9 Å². The second kappa shape index (κ2) is 8.41. The van der Waals surface area contributed by atoms with Crippen LogP contribution in [0.25, 0.3) is 0 Å². The maximum atomic E-state index is 12.4. The number of likely N-dealkylation sites (N-methyl/N-ethyl adjacent to an activating group) is 1. The van der Waals surface area contributed by atoms with Crippen molar-refractivity contribution in [3.05, 3.63) is 54.6 Å². The van der Waals surface area contributed by atoms with E-state index in [1.54, 1.807) is 42.5 Å². The van der Waals surface area contributed by atoms with Crippen molar-refractivity contribution in [3.63, 3.8) is 0 Å². The SMILES string of the molecule is CN(CC(=O)Nc1ccc(NC(=O)NC2CC2)cc1)S(=O)(=O)c1ccccc1. The maximum absolute atomic E-state index is 12.4. The molecule has 0 unspecified atom stereocenters. The Bertz CT molecular complexity index is 942. The zero-order valence-electron chi connectivity index (χ0n) is 15.4. The van der Waals surface area contributed by atoms with Crippen LogP contribution in [0.1, 0.15) is 12.8 Å². The van der Waals surface area contributed by atoms with Gasteiger partial charge in [0.25, 0.3) is 0 Å². The Balaban J connectivity index is 1.53. The molecule has 1 aliphatic rings. The Hall–Kier alpha value is -2.91. The van der Waals surface area contributed by atoms with E-state index in [9.17, 15) is 18.0 Å². The van der Waals surface area contributed by atoms with Gasteiger partial charge in [-0.15, -0.1) is 0 Å². The standard InChI is InChI=1S/C19H22N4O4S/c1-23(28(26,27)17-5-3-2-4-6-17)13-18(24)20-14-7-9-15(10-8-14)21-19(25)22-16-11-12-16/h2-10,16H,11-13H2,1H3,(H,20,24)(H2,21,22,25). The molecule has 1 fully saturated rings. The lowest BCUT2D eigenvalue weighted by atomic mass is 10.3. The fourth-order valence-corrected chi connectivity index (χ4v) is 3.63. The van der Waals surface area contributed by atoms with E-state index in [1.165, 1.54) is 19.2 Å². The first-order chi connectivity index (χ1) is 13.3. The molecule has 3 rings (SSSR count). The Kier molecular flexibility index (Phi) is 5.96. The summed E-state index contributed by atoms with van der Waals surface area (Å²) in [5.74, 6) is -0.464. The van der Waals surface area contributed by atoms with Crippen LogP contribution in [0.2, 0.25) is 0 Å². The summed E-state index contributed by atoms with van der Waals surface area (Å²) in [5.41, 5.74) is 1.10. The van der Waals surface area contributed by atoms with E-state index in [-0.39, 0.29) is 23.5 Å². The third kappa shape index (κ3) is 5.30. The predicted octanol–water partition coefficient (Wildman–Crippen LogP) is 2.23. The predicted molar refractivity (Wildman–Crippen MR) is 107 cm³/mol. The highest BCUT2D eigenvalue weighted by molar-refractivity contribution is 7.89. The van der Waals surface area contributed by atoms with E-state index in [4.69, 9.17) is 0 Å². The summed E-state index contributed by atoms with van der Waals surface area (Å²) in [6, 6.07) is 14.5. The molecule has 0 aromatic heterocycles. The Morgan fingerprint density at radius 2 is 1.54 bits per heavy atom. The van der Waals surface area contributed by atoms with Crippen molar-refractivity contribution in [1.29, 1.82) is 0 Å². The van der Waals surface area contributed by atoms with Crippen LogP contribution in [-0.4, -0.2) is 44.3 Å². The fourth-order valence-electron chi connectivity index (χ4n) is 2.48. The average molecular weight is 402 g/mol. The molecular formula is C19H22N4O4S. The number of rotatable bonds is 7. The van der Waals surface area contributed by atoms with Gasteiger partial charge in [0, 0.05) is 24.5 Å². The highest BCUT2D eigenvalue weighted by Gasteiger charge is 2.23.